The Balaban J connectivity index is 1.93. The molecule has 1 saturated heterocycles. The maximum Gasteiger partial charge on any atom is 0.192 e. The Morgan fingerprint density at radius 2 is 1.91 bits per heavy atom. The molecule has 0 aliphatic carbocycles. The highest BCUT2D eigenvalue weighted by atomic mass is 32.1. The van der Waals surface area contributed by atoms with Crippen LogP contribution in [-0.4, -0.2) is 46.4 Å². The number of thiophene rings is 1. The lowest BCUT2D eigenvalue weighted by atomic mass is 10.0. The first kappa shape index (κ1) is 15.5. The number of nitrogens with zero attached hydrogens (tertiary/aromatic N) is 4. The van der Waals surface area contributed by atoms with E-state index in [1.165, 1.54) is 0 Å². The summed E-state index contributed by atoms with van der Waals surface area (Å²) in [5.41, 5.74) is 2.05. The highest BCUT2D eigenvalue weighted by molar-refractivity contribution is 7.13. The van der Waals surface area contributed by atoms with Crippen LogP contribution < -0.4 is 0 Å². The summed E-state index contributed by atoms with van der Waals surface area (Å²) in [4.78, 5) is 8.27. The molecule has 6 heteroatoms. The van der Waals surface area contributed by atoms with Crippen molar-refractivity contribution in [2.75, 3.05) is 26.3 Å². The molecule has 0 spiro atoms. The van der Waals surface area contributed by atoms with Gasteiger partial charge in [-0.1, -0.05) is 19.9 Å². The van der Waals surface area contributed by atoms with E-state index in [4.69, 9.17) is 9.72 Å². The van der Waals surface area contributed by atoms with Gasteiger partial charge in [-0.15, -0.1) is 21.5 Å². The molecular formula is C16H22N4OS. The Morgan fingerprint density at radius 1 is 1.14 bits per heavy atom. The summed E-state index contributed by atoms with van der Waals surface area (Å²) in [6.45, 7) is 9.97. The second-order valence-electron chi connectivity index (χ2n) is 5.86. The Labute approximate surface area is 135 Å². The van der Waals surface area contributed by atoms with Crippen molar-refractivity contribution in [1.29, 1.82) is 0 Å². The van der Waals surface area contributed by atoms with Crippen LogP contribution in [0.3, 0.4) is 0 Å². The largest absolute Gasteiger partial charge is 0.379 e. The van der Waals surface area contributed by atoms with Crippen molar-refractivity contribution < 1.29 is 4.74 Å². The first-order valence-corrected chi connectivity index (χ1v) is 8.65. The minimum absolute atomic E-state index is 0.221. The van der Waals surface area contributed by atoms with E-state index in [-0.39, 0.29) is 6.04 Å². The molecule has 0 amide bonds. The monoisotopic (exact) mass is 318 g/mol. The lowest BCUT2D eigenvalue weighted by Crippen LogP contribution is -2.38. The van der Waals surface area contributed by atoms with Gasteiger partial charge in [0.15, 0.2) is 5.82 Å². The van der Waals surface area contributed by atoms with Gasteiger partial charge in [0.2, 0.25) is 0 Å². The van der Waals surface area contributed by atoms with Crippen molar-refractivity contribution in [3.8, 4) is 10.7 Å². The molecule has 0 saturated carbocycles. The van der Waals surface area contributed by atoms with Gasteiger partial charge in [0.25, 0.3) is 0 Å². The van der Waals surface area contributed by atoms with Gasteiger partial charge in [0, 0.05) is 13.1 Å². The second-order valence-corrected chi connectivity index (χ2v) is 6.81. The van der Waals surface area contributed by atoms with Crippen LogP contribution in [0.5, 0.6) is 0 Å². The lowest BCUT2D eigenvalue weighted by Gasteiger charge is -2.32. The number of hydrogen-bond acceptors (Lipinski definition) is 6. The van der Waals surface area contributed by atoms with Gasteiger partial charge in [-0.25, -0.2) is 4.98 Å². The van der Waals surface area contributed by atoms with Gasteiger partial charge < -0.3 is 4.74 Å². The summed E-state index contributed by atoms with van der Waals surface area (Å²) in [5, 5.41) is 11.0. The fourth-order valence-electron chi connectivity index (χ4n) is 2.72. The number of morpholine rings is 1. The highest BCUT2D eigenvalue weighted by Gasteiger charge is 2.25. The maximum absolute atomic E-state index is 5.44. The predicted octanol–water partition coefficient (Wildman–Crippen LogP) is 3.12. The molecule has 1 aliphatic heterocycles. The molecule has 22 heavy (non-hydrogen) atoms. The topological polar surface area (TPSA) is 51.1 Å². The van der Waals surface area contributed by atoms with E-state index < -0.39 is 0 Å². The van der Waals surface area contributed by atoms with Crippen molar-refractivity contribution >= 4 is 11.3 Å². The quantitative estimate of drug-likeness (QED) is 0.867. The Bertz CT molecular complexity index is 609. The number of rotatable bonds is 4. The molecule has 3 heterocycles. The molecular weight excluding hydrogens is 296 g/mol. The Kier molecular flexibility index (Phi) is 4.81. The molecule has 0 radical (unpaired) electrons. The van der Waals surface area contributed by atoms with Crippen molar-refractivity contribution in [1.82, 2.24) is 20.1 Å². The standard InChI is InChI=1S/C16H22N4OS/c1-11(2)14-15(12(3)20-6-8-21-9-7-20)18-19-16(17-14)13-5-4-10-22-13/h4-5,10-12H,6-9H2,1-3H3. The van der Waals surface area contributed by atoms with E-state index >= 15 is 0 Å². The van der Waals surface area contributed by atoms with Gasteiger partial charge in [-0.05, 0) is 24.3 Å². The fourth-order valence-corrected chi connectivity index (χ4v) is 3.37. The molecule has 1 atom stereocenters. The molecule has 5 nitrogen and oxygen atoms in total. The van der Waals surface area contributed by atoms with Gasteiger partial charge in [-0.3, -0.25) is 4.90 Å². The zero-order valence-electron chi connectivity index (χ0n) is 13.3. The minimum Gasteiger partial charge on any atom is -0.379 e. The van der Waals surface area contributed by atoms with Crippen LogP contribution in [0.25, 0.3) is 10.7 Å². The zero-order chi connectivity index (χ0) is 15.5. The van der Waals surface area contributed by atoms with Crippen LogP contribution in [0.1, 0.15) is 44.1 Å². The molecule has 118 valence electrons. The molecule has 0 N–H and O–H groups in total. The van der Waals surface area contributed by atoms with Crippen LogP contribution in [0.15, 0.2) is 17.5 Å². The molecule has 1 fully saturated rings. The summed E-state index contributed by atoms with van der Waals surface area (Å²) >= 11 is 1.65. The van der Waals surface area contributed by atoms with Gasteiger partial charge in [0.1, 0.15) is 5.69 Å². The third-order valence-electron chi connectivity index (χ3n) is 4.02. The van der Waals surface area contributed by atoms with E-state index in [9.17, 15) is 0 Å². The molecule has 2 aromatic heterocycles. The number of ether oxygens (including phenoxy) is 1. The Hall–Kier alpha value is -1.37. The number of aromatic nitrogens is 3. The van der Waals surface area contributed by atoms with Crippen molar-refractivity contribution in [2.24, 2.45) is 0 Å². The average Bonchev–Trinajstić information content (AvgIpc) is 3.09. The first-order valence-electron chi connectivity index (χ1n) is 7.77. The van der Waals surface area contributed by atoms with Gasteiger partial charge in [0.05, 0.1) is 29.8 Å². The third kappa shape index (κ3) is 3.19. The van der Waals surface area contributed by atoms with Crippen LogP contribution in [-0.2, 0) is 4.74 Å². The average molecular weight is 318 g/mol. The van der Waals surface area contributed by atoms with Crippen LogP contribution >= 0.6 is 11.3 Å². The minimum atomic E-state index is 0.221. The van der Waals surface area contributed by atoms with E-state index in [1.807, 2.05) is 17.5 Å². The molecule has 1 aliphatic rings. The zero-order valence-corrected chi connectivity index (χ0v) is 14.1. The van der Waals surface area contributed by atoms with Crippen LogP contribution in [0.4, 0.5) is 0 Å². The van der Waals surface area contributed by atoms with Gasteiger partial charge in [-0.2, -0.15) is 0 Å². The summed E-state index contributed by atoms with van der Waals surface area (Å²) in [7, 11) is 0. The molecule has 1 unspecified atom stereocenters. The van der Waals surface area contributed by atoms with Crippen molar-refractivity contribution in [2.45, 2.75) is 32.7 Å². The summed E-state index contributed by atoms with van der Waals surface area (Å²) in [6, 6.07) is 4.28. The smallest absolute Gasteiger partial charge is 0.192 e. The number of hydrogen-bond donors (Lipinski definition) is 0. The lowest BCUT2D eigenvalue weighted by molar-refractivity contribution is 0.0185. The fraction of sp³-hybridized carbons (Fsp3) is 0.562. The summed E-state index contributed by atoms with van der Waals surface area (Å²) in [6.07, 6.45) is 0. The molecule has 3 rings (SSSR count). The van der Waals surface area contributed by atoms with Gasteiger partial charge >= 0.3 is 0 Å². The molecule has 0 bridgehead atoms. The van der Waals surface area contributed by atoms with E-state index in [0.29, 0.717) is 5.92 Å². The van der Waals surface area contributed by atoms with E-state index in [0.717, 1.165) is 48.4 Å². The Morgan fingerprint density at radius 3 is 2.55 bits per heavy atom. The van der Waals surface area contributed by atoms with Crippen molar-refractivity contribution in [3.05, 3.63) is 28.9 Å². The van der Waals surface area contributed by atoms with Crippen molar-refractivity contribution in [3.63, 3.8) is 0 Å². The second kappa shape index (κ2) is 6.81. The van der Waals surface area contributed by atoms with E-state index in [1.54, 1.807) is 11.3 Å². The first-order chi connectivity index (χ1) is 10.7. The summed E-state index contributed by atoms with van der Waals surface area (Å²) in [5.74, 6) is 1.06. The van der Waals surface area contributed by atoms with Crippen LogP contribution in [0.2, 0.25) is 0 Å². The predicted molar refractivity (Wildman–Crippen MR) is 88.0 cm³/mol. The van der Waals surface area contributed by atoms with E-state index in [2.05, 4.69) is 35.9 Å². The highest BCUT2D eigenvalue weighted by Crippen LogP contribution is 2.28. The summed E-state index contributed by atoms with van der Waals surface area (Å²) < 4.78 is 5.44. The molecule has 2 aromatic rings. The maximum atomic E-state index is 5.44. The molecule has 0 aromatic carbocycles. The van der Waals surface area contributed by atoms with Crippen LogP contribution in [0, 0.1) is 0 Å². The SMILES string of the molecule is CC(C)c1nc(-c2cccs2)nnc1C(C)N1CCOCC1. The normalized spacial score (nSPS) is 17.8. The third-order valence-corrected chi connectivity index (χ3v) is 4.88.